The first kappa shape index (κ1) is 17.2. The predicted octanol–water partition coefficient (Wildman–Crippen LogP) is 2.88. The lowest BCUT2D eigenvalue weighted by molar-refractivity contribution is -0.174. The van der Waals surface area contributed by atoms with Crippen molar-refractivity contribution in [1.29, 1.82) is 0 Å². The van der Waals surface area contributed by atoms with Crippen molar-refractivity contribution < 1.29 is 23.8 Å². The molecule has 0 saturated carbocycles. The zero-order valence-corrected chi connectivity index (χ0v) is 13.9. The molecule has 25 heavy (non-hydrogen) atoms. The van der Waals surface area contributed by atoms with Gasteiger partial charge in [0.25, 0.3) is 0 Å². The van der Waals surface area contributed by atoms with Crippen molar-refractivity contribution >= 4 is 11.9 Å². The summed E-state index contributed by atoms with van der Waals surface area (Å²) in [5, 5.41) is 0. The van der Waals surface area contributed by atoms with Gasteiger partial charge < -0.3 is 14.2 Å². The lowest BCUT2D eigenvalue weighted by Gasteiger charge is -2.23. The van der Waals surface area contributed by atoms with Crippen LogP contribution in [0.1, 0.15) is 17.5 Å². The third-order valence-corrected chi connectivity index (χ3v) is 4.23. The Hall–Kier alpha value is -2.66. The zero-order chi connectivity index (χ0) is 17.5. The largest absolute Gasteiger partial charge is 0.460 e. The minimum atomic E-state index is -1.37. The topological polar surface area (TPSA) is 61.8 Å². The molecular formula is C20H20O5. The molecule has 0 aliphatic carbocycles. The number of benzene rings is 2. The molecule has 1 heterocycles. The Morgan fingerprint density at radius 3 is 1.72 bits per heavy atom. The molecule has 1 saturated heterocycles. The van der Waals surface area contributed by atoms with E-state index in [0.29, 0.717) is 6.61 Å². The fourth-order valence-electron chi connectivity index (χ4n) is 2.69. The van der Waals surface area contributed by atoms with Gasteiger partial charge in [-0.3, -0.25) is 9.59 Å². The van der Waals surface area contributed by atoms with Gasteiger partial charge in [0.15, 0.2) is 5.41 Å². The summed E-state index contributed by atoms with van der Waals surface area (Å²) in [6.45, 7) is 0.565. The highest BCUT2D eigenvalue weighted by atomic mass is 16.6. The van der Waals surface area contributed by atoms with Crippen LogP contribution in [-0.2, 0) is 37.0 Å². The van der Waals surface area contributed by atoms with E-state index in [1.54, 1.807) is 0 Å². The summed E-state index contributed by atoms with van der Waals surface area (Å²) >= 11 is 0. The van der Waals surface area contributed by atoms with Crippen molar-refractivity contribution in [3.63, 3.8) is 0 Å². The van der Waals surface area contributed by atoms with Gasteiger partial charge in [-0.1, -0.05) is 60.7 Å². The Morgan fingerprint density at radius 1 is 0.840 bits per heavy atom. The van der Waals surface area contributed by atoms with E-state index in [1.807, 2.05) is 60.7 Å². The molecule has 0 amide bonds. The Morgan fingerprint density at radius 2 is 1.32 bits per heavy atom. The van der Waals surface area contributed by atoms with E-state index in [1.165, 1.54) is 0 Å². The molecule has 2 aromatic carbocycles. The van der Waals surface area contributed by atoms with Gasteiger partial charge in [-0.2, -0.15) is 0 Å². The first-order chi connectivity index (χ1) is 12.2. The standard InChI is InChI=1S/C20H20O5/c21-18(24-13-16-7-3-1-4-8-16)20(11-12-23-15-20)19(22)25-14-17-9-5-2-6-10-17/h1-10H,11-15H2. The van der Waals surface area contributed by atoms with E-state index in [4.69, 9.17) is 14.2 Å². The summed E-state index contributed by atoms with van der Waals surface area (Å²) in [6.07, 6.45) is 0.272. The summed E-state index contributed by atoms with van der Waals surface area (Å²) in [6, 6.07) is 18.7. The molecule has 2 aromatic rings. The number of rotatable bonds is 6. The molecule has 1 fully saturated rings. The summed E-state index contributed by atoms with van der Waals surface area (Å²) in [5.41, 5.74) is 0.356. The fraction of sp³-hybridized carbons (Fsp3) is 0.300. The lowest BCUT2D eigenvalue weighted by Crippen LogP contribution is -2.42. The van der Waals surface area contributed by atoms with E-state index in [0.717, 1.165) is 11.1 Å². The van der Waals surface area contributed by atoms with Crippen LogP contribution in [0.3, 0.4) is 0 Å². The predicted molar refractivity (Wildman–Crippen MR) is 90.3 cm³/mol. The van der Waals surface area contributed by atoms with Crippen LogP contribution in [0.5, 0.6) is 0 Å². The zero-order valence-electron chi connectivity index (χ0n) is 13.9. The molecule has 0 unspecified atom stereocenters. The van der Waals surface area contributed by atoms with Gasteiger partial charge in [0.05, 0.1) is 6.61 Å². The molecule has 0 atom stereocenters. The van der Waals surface area contributed by atoms with Gasteiger partial charge in [-0.25, -0.2) is 0 Å². The first-order valence-corrected chi connectivity index (χ1v) is 8.21. The number of carbonyl (C=O) groups is 2. The first-order valence-electron chi connectivity index (χ1n) is 8.21. The van der Waals surface area contributed by atoms with Crippen molar-refractivity contribution in [3.8, 4) is 0 Å². The molecule has 0 radical (unpaired) electrons. The minimum Gasteiger partial charge on any atom is -0.460 e. The van der Waals surface area contributed by atoms with Crippen molar-refractivity contribution in [2.45, 2.75) is 19.6 Å². The third kappa shape index (κ3) is 4.06. The smallest absolute Gasteiger partial charge is 0.326 e. The van der Waals surface area contributed by atoms with Crippen LogP contribution in [-0.4, -0.2) is 25.2 Å². The molecule has 130 valence electrons. The molecular weight excluding hydrogens is 320 g/mol. The summed E-state index contributed by atoms with van der Waals surface area (Å²) in [4.78, 5) is 25.2. The SMILES string of the molecule is O=C(OCc1ccccc1)C1(C(=O)OCc2ccccc2)CCOC1. The Labute approximate surface area is 146 Å². The second kappa shape index (κ2) is 7.94. The maximum Gasteiger partial charge on any atom is 0.326 e. The van der Waals surface area contributed by atoms with E-state index < -0.39 is 17.4 Å². The second-order valence-electron chi connectivity index (χ2n) is 6.01. The van der Waals surface area contributed by atoms with Crippen LogP contribution in [0.4, 0.5) is 0 Å². The maximum atomic E-state index is 12.6. The number of esters is 2. The fourth-order valence-corrected chi connectivity index (χ4v) is 2.69. The molecule has 0 bridgehead atoms. The molecule has 5 nitrogen and oxygen atoms in total. The van der Waals surface area contributed by atoms with Crippen LogP contribution in [0, 0.1) is 5.41 Å². The van der Waals surface area contributed by atoms with Crippen molar-refractivity contribution in [2.75, 3.05) is 13.2 Å². The van der Waals surface area contributed by atoms with E-state index in [9.17, 15) is 9.59 Å². The maximum absolute atomic E-state index is 12.6. The lowest BCUT2D eigenvalue weighted by atomic mass is 9.87. The van der Waals surface area contributed by atoms with Crippen LogP contribution < -0.4 is 0 Å². The van der Waals surface area contributed by atoms with Crippen molar-refractivity contribution in [2.24, 2.45) is 5.41 Å². The van der Waals surface area contributed by atoms with E-state index >= 15 is 0 Å². The number of hydrogen-bond donors (Lipinski definition) is 0. The third-order valence-electron chi connectivity index (χ3n) is 4.23. The summed E-state index contributed by atoms with van der Waals surface area (Å²) in [5.74, 6) is -1.18. The highest BCUT2D eigenvalue weighted by Gasteiger charge is 2.52. The van der Waals surface area contributed by atoms with Gasteiger partial charge >= 0.3 is 11.9 Å². The average Bonchev–Trinajstić information content (AvgIpc) is 3.17. The number of carbonyl (C=O) groups excluding carboxylic acids is 2. The average molecular weight is 340 g/mol. The molecule has 5 heteroatoms. The van der Waals surface area contributed by atoms with Crippen molar-refractivity contribution in [1.82, 2.24) is 0 Å². The molecule has 0 aromatic heterocycles. The van der Waals surface area contributed by atoms with Crippen LogP contribution in [0.2, 0.25) is 0 Å². The van der Waals surface area contributed by atoms with Crippen LogP contribution in [0.25, 0.3) is 0 Å². The Bertz CT molecular complexity index is 648. The summed E-state index contributed by atoms with van der Waals surface area (Å²) < 4.78 is 16.0. The molecule has 1 aliphatic heterocycles. The highest BCUT2D eigenvalue weighted by molar-refractivity contribution is 6.00. The molecule has 1 aliphatic rings. The quantitative estimate of drug-likeness (QED) is 0.598. The van der Waals surface area contributed by atoms with Crippen molar-refractivity contribution in [3.05, 3.63) is 71.8 Å². The second-order valence-corrected chi connectivity index (χ2v) is 6.01. The van der Waals surface area contributed by atoms with Gasteiger partial charge in [0.1, 0.15) is 13.2 Å². The highest BCUT2D eigenvalue weighted by Crippen LogP contribution is 2.32. The van der Waals surface area contributed by atoms with Gasteiger partial charge in [-0.05, 0) is 17.5 Å². The van der Waals surface area contributed by atoms with Gasteiger partial charge in [0, 0.05) is 6.61 Å². The Balaban J connectivity index is 1.63. The van der Waals surface area contributed by atoms with E-state index in [2.05, 4.69) is 0 Å². The monoisotopic (exact) mass is 340 g/mol. The molecule has 0 N–H and O–H groups in total. The van der Waals surface area contributed by atoms with Crippen LogP contribution >= 0.6 is 0 Å². The van der Waals surface area contributed by atoms with E-state index in [-0.39, 0.29) is 26.2 Å². The van der Waals surface area contributed by atoms with Gasteiger partial charge in [-0.15, -0.1) is 0 Å². The molecule has 0 spiro atoms. The minimum absolute atomic E-state index is 0.00571. The number of hydrogen-bond acceptors (Lipinski definition) is 5. The number of ether oxygens (including phenoxy) is 3. The van der Waals surface area contributed by atoms with Crippen LogP contribution in [0.15, 0.2) is 60.7 Å². The molecule has 3 rings (SSSR count). The summed E-state index contributed by atoms with van der Waals surface area (Å²) in [7, 11) is 0. The Kier molecular flexibility index (Phi) is 5.46. The van der Waals surface area contributed by atoms with Gasteiger partial charge in [0.2, 0.25) is 0 Å². The normalized spacial score (nSPS) is 15.5.